The summed E-state index contributed by atoms with van der Waals surface area (Å²) in [5.41, 5.74) is 9.49. The van der Waals surface area contributed by atoms with Crippen LogP contribution < -0.4 is 10.1 Å². The number of rotatable bonds is 9. The molecule has 5 heterocycles. The third-order valence-corrected chi connectivity index (χ3v) is 6.57. The quantitative estimate of drug-likeness (QED) is 0.371. The van der Waals surface area contributed by atoms with Crippen molar-refractivity contribution in [1.82, 2.24) is 24.8 Å². The predicted molar refractivity (Wildman–Crippen MR) is 126 cm³/mol. The first-order valence-electron chi connectivity index (χ1n) is 11.3. The number of aromatic nitrogens is 3. The molecule has 2 aliphatic heterocycles. The van der Waals surface area contributed by atoms with Gasteiger partial charge in [-0.05, 0) is 13.0 Å². The lowest BCUT2D eigenvalue weighted by molar-refractivity contribution is -0.0922. The number of aliphatic hydroxyl groups excluding tert-OH is 1. The van der Waals surface area contributed by atoms with Gasteiger partial charge < -0.3 is 19.9 Å². The van der Waals surface area contributed by atoms with Crippen molar-refractivity contribution < 1.29 is 23.4 Å². The van der Waals surface area contributed by atoms with Crippen molar-refractivity contribution in [3.05, 3.63) is 64.3 Å². The minimum Gasteiger partial charge on any atom is -0.488 e. The number of nitrogens with one attached hydrogen (secondary N) is 2. The van der Waals surface area contributed by atoms with Gasteiger partial charge in [0.15, 0.2) is 0 Å². The number of nitrogens with zero attached hydrogens (tertiary/aromatic N) is 5. The van der Waals surface area contributed by atoms with Gasteiger partial charge in [0.05, 0.1) is 42.7 Å². The molecular weight excluding hydrogens is 496 g/mol. The molecule has 5 rings (SSSR count). The third kappa shape index (κ3) is 4.76. The third-order valence-electron chi connectivity index (χ3n) is 6.29. The van der Waals surface area contributed by atoms with E-state index in [0.29, 0.717) is 39.6 Å². The Balaban J connectivity index is 1.37. The Kier molecular flexibility index (Phi) is 6.84. The van der Waals surface area contributed by atoms with Gasteiger partial charge in [0.1, 0.15) is 47.0 Å². The van der Waals surface area contributed by atoms with Crippen LogP contribution in [0.2, 0.25) is 5.02 Å². The molecule has 10 nitrogen and oxygen atoms in total. The van der Waals surface area contributed by atoms with Crippen molar-refractivity contribution in [3.63, 3.8) is 0 Å². The highest BCUT2D eigenvalue weighted by Crippen LogP contribution is 2.32. The van der Waals surface area contributed by atoms with E-state index in [2.05, 4.69) is 25.4 Å². The Labute approximate surface area is 210 Å². The van der Waals surface area contributed by atoms with Crippen LogP contribution in [0.15, 0.2) is 41.5 Å². The topological polar surface area (TPSA) is 120 Å². The smallest absolute Gasteiger partial charge is 0.150 e. The van der Waals surface area contributed by atoms with E-state index in [-0.39, 0.29) is 24.1 Å². The first-order chi connectivity index (χ1) is 17.3. The lowest BCUT2D eigenvalue weighted by Gasteiger charge is -2.47. The standard InChI is InChI=1S/C23H24ClF2N7O3/c1-12(30-15-7-32(8-15)16-9-35-10-16)21(31-27)13-2-20(23-17(24)5-29-33(23)6-13)36-11-19(34)22-18(26)3-14(25)4-28-22/h2-6,15-16,19,27,30,34H,7-11H2,1H3/b21-12-,31-27?. The van der Waals surface area contributed by atoms with Crippen LogP contribution in [0.5, 0.6) is 5.75 Å². The Morgan fingerprint density at radius 1 is 1.36 bits per heavy atom. The minimum atomic E-state index is -1.46. The molecule has 2 aliphatic rings. The molecule has 0 saturated carbocycles. The molecule has 190 valence electrons. The Morgan fingerprint density at radius 3 is 2.81 bits per heavy atom. The van der Waals surface area contributed by atoms with Crippen LogP contribution >= 0.6 is 11.6 Å². The summed E-state index contributed by atoms with van der Waals surface area (Å²) in [5.74, 6) is -1.59. The summed E-state index contributed by atoms with van der Waals surface area (Å²) in [5, 5.41) is 22.1. The van der Waals surface area contributed by atoms with Gasteiger partial charge in [-0.15, -0.1) is 0 Å². The molecule has 0 spiro atoms. The van der Waals surface area contributed by atoms with Crippen LogP contribution in [-0.2, 0) is 4.74 Å². The summed E-state index contributed by atoms with van der Waals surface area (Å²) < 4.78 is 39.7. The average Bonchev–Trinajstić information content (AvgIpc) is 3.16. The van der Waals surface area contributed by atoms with E-state index < -0.39 is 17.7 Å². The molecule has 0 radical (unpaired) electrons. The molecule has 2 saturated heterocycles. The van der Waals surface area contributed by atoms with Crippen LogP contribution in [0.25, 0.3) is 11.2 Å². The van der Waals surface area contributed by atoms with Crippen LogP contribution in [0, 0.1) is 17.2 Å². The average molecular weight is 520 g/mol. The van der Waals surface area contributed by atoms with Crippen molar-refractivity contribution >= 4 is 22.8 Å². The summed E-state index contributed by atoms with van der Waals surface area (Å²) >= 11 is 6.29. The van der Waals surface area contributed by atoms with Gasteiger partial charge in [0.2, 0.25) is 0 Å². The molecule has 36 heavy (non-hydrogen) atoms. The van der Waals surface area contributed by atoms with Crippen molar-refractivity contribution in [2.24, 2.45) is 5.11 Å². The van der Waals surface area contributed by atoms with E-state index in [1.807, 2.05) is 6.92 Å². The van der Waals surface area contributed by atoms with E-state index in [1.165, 1.54) is 10.7 Å². The summed E-state index contributed by atoms with van der Waals surface area (Å²) in [4.78, 5) is 5.97. The molecule has 3 N–H and O–H groups in total. The van der Waals surface area contributed by atoms with Gasteiger partial charge >= 0.3 is 0 Å². The fraction of sp³-hybridized carbons (Fsp3) is 0.391. The first-order valence-corrected chi connectivity index (χ1v) is 11.7. The second kappa shape index (κ2) is 10.1. The van der Waals surface area contributed by atoms with Crippen LogP contribution in [-0.4, -0.2) is 69.6 Å². The maximum atomic E-state index is 14.0. The molecule has 1 unspecified atom stereocenters. The number of aliphatic hydroxyl groups is 1. The summed E-state index contributed by atoms with van der Waals surface area (Å²) in [6.07, 6.45) is 2.46. The number of ether oxygens (including phenoxy) is 2. The van der Waals surface area contributed by atoms with E-state index in [1.54, 1.807) is 12.3 Å². The van der Waals surface area contributed by atoms with Gasteiger partial charge in [-0.1, -0.05) is 11.6 Å². The Hall–Kier alpha value is -3.19. The highest BCUT2D eigenvalue weighted by Gasteiger charge is 2.36. The second-order valence-electron chi connectivity index (χ2n) is 8.80. The highest BCUT2D eigenvalue weighted by molar-refractivity contribution is 6.34. The molecule has 3 aromatic rings. The molecule has 0 amide bonds. The monoisotopic (exact) mass is 519 g/mol. The van der Waals surface area contributed by atoms with Crippen molar-refractivity contribution in [3.8, 4) is 5.75 Å². The Morgan fingerprint density at radius 2 is 2.14 bits per heavy atom. The van der Waals surface area contributed by atoms with Gasteiger partial charge in [0.25, 0.3) is 0 Å². The van der Waals surface area contributed by atoms with Crippen LogP contribution in [0.4, 0.5) is 8.78 Å². The normalized spacial score (nSPS) is 18.4. The molecule has 0 aromatic carbocycles. The number of pyridine rings is 2. The fourth-order valence-electron chi connectivity index (χ4n) is 4.28. The van der Waals surface area contributed by atoms with E-state index in [0.717, 1.165) is 32.5 Å². The molecule has 0 bridgehead atoms. The molecule has 13 heteroatoms. The molecule has 1 atom stereocenters. The summed E-state index contributed by atoms with van der Waals surface area (Å²) in [6, 6.07) is 2.98. The largest absolute Gasteiger partial charge is 0.488 e. The number of hydrogen-bond acceptors (Lipinski definition) is 9. The van der Waals surface area contributed by atoms with Crippen molar-refractivity contribution in [2.75, 3.05) is 32.9 Å². The van der Waals surface area contributed by atoms with Gasteiger partial charge in [-0.25, -0.2) is 18.8 Å². The van der Waals surface area contributed by atoms with E-state index >= 15 is 0 Å². The molecular formula is C23H24ClF2N7O3. The minimum absolute atomic E-state index is 0.231. The zero-order valence-electron chi connectivity index (χ0n) is 19.3. The predicted octanol–water partition coefficient (Wildman–Crippen LogP) is 3.17. The summed E-state index contributed by atoms with van der Waals surface area (Å²) in [7, 11) is 0. The molecule has 0 aliphatic carbocycles. The lowest BCUT2D eigenvalue weighted by Crippen LogP contribution is -2.65. The molecule has 3 aromatic heterocycles. The maximum Gasteiger partial charge on any atom is 0.150 e. The summed E-state index contributed by atoms with van der Waals surface area (Å²) in [6.45, 7) is 4.75. The lowest BCUT2D eigenvalue weighted by atomic mass is 10.0. The van der Waals surface area contributed by atoms with Gasteiger partial charge in [0, 0.05) is 36.6 Å². The number of halogens is 3. The van der Waals surface area contributed by atoms with Crippen LogP contribution in [0.3, 0.4) is 0 Å². The number of likely N-dealkylation sites (tertiary alicyclic amines) is 1. The number of fused-ring (bicyclic) bond motifs is 1. The van der Waals surface area contributed by atoms with E-state index in [4.69, 9.17) is 26.6 Å². The number of allylic oxidation sites excluding steroid dienone is 1. The first kappa shape index (κ1) is 24.5. The Bertz CT molecular complexity index is 1320. The zero-order chi connectivity index (χ0) is 25.4. The van der Waals surface area contributed by atoms with Crippen LogP contribution in [0.1, 0.15) is 24.3 Å². The second-order valence-corrected chi connectivity index (χ2v) is 9.21. The maximum absolute atomic E-state index is 14.0. The van der Waals surface area contributed by atoms with Gasteiger partial charge in [-0.3, -0.25) is 9.88 Å². The van der Waals surface area contributed by atoms with Crippen molar-refractivity contribution in [1.29, 1.82) is 5.53 Å². The highest BCUT2D eigenvalue weighted by atomic mass is 35.5. The van der Waals surface area contributed by atoms with Gasteiger partial charge in [-0.2, -0.15) is 10.2 Å². The number of hydrogen-bond donors (Lipinski definition) is 3. The van der Waals surface area contributed by atoms with E-state index in [9.17, 15) is 13.9 Å². The fourth-order valence-corrected chi connectivity index (χ4v) is 4.50. The molecule has 2 fully saturated rings. The zero-order valence-corrected chi connectivity index (χ0v) is 20.0. The van der Waals surface area contributed by atoms with Crippen molar-refractivity contribution in [2.45, 2.75) is 25.1 Å². The SMILES string of the molecule is C/C(NC1CN(C2COC2)C1)=C(/N=N)c1cc(OCC(O)c2ncc(F)cc2F)c2c(Cl)cnn2c1.